The average molecular weight is 431 g/mol. The molecule has 1 aliphatic rings. The van der Waals surface area contributed by atoms with Crippen molar-refractivity contribution in [3.63, 3.8) is 0 Å². The molecule has 1 saturated carbocycles. The molecule has 3 N–H and O–H groups in total. The minimum absolute atomic E-state index is 0. The number of fused-ring (bicyclic) bond motifs is 1. The lowest BCUT2D eigenvalue weighted by Crippen LogP contribution is -2.75. The van der Waals surface area contributed by atoms with Crippen LogP contribution in [0.25, 0.3) is 11.0 Å². The van der Waals surface area contributed by atoms with Crippen LogP contribution in [0.5, 0.6) is 0 Å². The molecule has 0 bridgehead atoms. The van der Waals surface area contributed by atoms with E-state index in [1.807, 2.05) is 45.9 Å². The molecular weight excluding hydrogens is 399 g/mol. The Hall–Kier alpha value is -1.34. The minimum Gasteiger partial charge on any atom is -0.378 e. The van der Waals surface area contributed by atoms with E-state index in [1.54, 1.807) is 0 Å². The summed E-state index contributed by atoms with van der Waals surface area (Å²) in [5.41, 5.74) is 7.34. The van der Waals surface area contributed by atoms with Gasteiger partial charge in [-0.3, -0.25) is 4.79 Å². The maximum atomic E-state index is 12.6. The van der Waals surface area contributed by atoms with Crippen LogP contribution in [0.15, 0.2) is 24.3 Å². The summed E-state index contributed by atoms with van der Waals surface area (Å²) in [7, 11) is 0. The van der Waals surface area contributed by atoms with Crippen molar-refractivity contribution >= 4 is 41.8 Å². The van der Waals surface area contributed by atoms with E-state index in [-0.39, 0.29) is 42.2 Å². The van der Waals surface area contributed by atoms with Gasteiger partial charge in [-0.25, -0.2) is 4.98 Å². The number of imidazole rings is 1. The Morgan fingerprint density at radius 2 is 2.04 bits per heavy atom. The van der Waals surface area contributed by atoms with Crippen LogP contribution >= 0.6 is 24.8 Å². The maximum Gasteiger partial charge on any atom is 0.240 e. The summed E-state index contributed by atoms with van der Waals surface area (Å²) in [5.74, 6) is 0.915. The van der Waals surface area contributed by atoms with Crippen LogP contribution in [-0.4, -0.2) is 40.3 Å². The first-order valence-electron chi connectivity index (χ1n) is 9.42. The summed E-state index contributed by atoms with van der Waals surface area (Å²) in [5, 5.41) is 3.02. The zero-order valence-electron chi connectivity index (χ0n) is 17.0. The molecule has 0 spiro atoms. The van der Waals surface area contributed by atoms with E-state index in [9.17, 15) is 4.79 Å². The molecule has 6 nitrogen and oxygen atoms in total. The first kappa shape index (κ1) is 24.7. The molecule has 28 heavy (non-hydrogen) atoms. The highest BCUT2D eigenvalue weighted by Crippen LogP contribution is 2.49. The molecule has 3 rings (SSSR count). The van der Waals surface area contributed by atoms with Crippen molar-refractivity contribution in [1.82, 2.24) is 14.9 Å². The predicted octanol–water partition coefficient (Wildman–Crippen LogP) is 3.23. The van der Waals surface area contributed by atoms with Gasteiger partial charge in [-0.15, -0.1) is 24.8 Å². The third kappa shape index (κ3) is 4.15. The fourth-order valence-electron chi connectivity index (χ4n) is 3.90. The number of aromatic nitrogens is 2. The van der Waals surface area contributed by atoms with E-state index in [0.29, 0.717) is 19.6 Å². The molecule has 8 heteroatoms. The largest absolute Gasteiger partial charge is 0.378 e. The van der Waals surface area contributed by atoms with E-state index in [4.69, 9.17) is 10.5 Å². The van der Waals surface area contributed by atoms with Crippen LogP contribution in [0.1, 0.15) is 39.4 Å². The van der Waals surface area contributed by atoms with Crippen molar-refractivity contribution in [1.29, 1.82) is 0 Å². The molecule has 158 valence electrons. The summed E-state index contributed by atoms with van der Waals surface area (Å²) < 4.78 is 7.89. The fourth-order valence-corrected chi connectivity index (χ4v) is 3.90. The highest BCUT2D eigenvalue weighted by molar-refractivity contribution is 5.88. The summed E-state index contributed by atoms with van der Waals surface area (Å²) in [4.78, 5) is 17.2. The van der Waals surface area contributed by atoms with Crippen LogP contribution in [0, 0.1) is 12.3 Å². The molecule has 0 aliphatic heterocycles. The predicted molar refractivity (Wildman–Crippen MR) is 117 cm³/mol. The van der Waals surface area contributed by atoms with Gasteiger partial charge in [0.25, 0.3) is 0 Å². The molecule has 0 radical (unpaired) electrons. The fraction of sp³-hybridized carbons (Fsp3) is 0.600. The second-order valence-electron chi connectivity index (χ2n) is 7.75. The third-order valence-electron chi connectivity index (χ3n) is 5.92. The van der Waals surface area contributed by atoms with E-state index >= 15 is 0 Å². The highest BCUT2D eigenvalue weighted by Gasteiger charge is 2.62. The number of rotatable bonds is 7. The Morgan fingerprint density at radius 1 is 1.36 bits per heavy atom. The van der Waals surface area contributed by atoms with Crippen LogP contribution in [0.2, 0.25) is 0 Å². The highest BCUT2D eigenvalue weighted by atomic mass is 35.5. The second kappa shape index (κ2) is 9.44. The van der Waals surface area contributed by atoms with Crippen LogP contribution in [0.3, 0.4) is 0 Å². The zero-order valence-corrected chi connectivity index (χ0v) is 18.7. The number of carbonyl (C=O) groups excluding carboxylic acids is 1. The van der Waals surface area contributed by atoms with Gasteiger partial charge in [-0.2, -0.15) is 0 Å². The smallest absolute Gasteiger partial charge is 0.240 e. The summed E-state index contributed by atoms with van der Waals surface area (Å²) in [6.07, 6.45) is 1.45. The maximum absolute atomic E-state index is 12.6. The molecule has 2 aromatic rings. The van der Waals surface area contributed by atoms with Crippen molar-refractivity contribution in [2.45, 2.75) is 58.7 Å². The number of nitrogens with zero attached hydrogens (tertiary/aromatic N) is 2. The zero-order chi connectivity index (χ0) is 18.9. The SMILES string of the molecule is CCOC1CC(N)(C(=O)NCCCn2c(C)nc3ccccc32)C1(C)C.Cl.Cl. The monoisotopic (exact) mass is 430 g/mol. The topological polar surface area (TPSA) is 82.2 Å². The Labute approximate surface area is 179 Å². The van der Waals surface area contributed by atoms with Crippen LogP contribution in [-0.2, 0) is 16.1 Å². The number of para-hydroxylation sites is 2. The lowest BCUT2D eigenvalue weighted by molar-refractivity contribution is -0.170. The number of halogens is 2. The summed E-state index contributed by atoms with van der Waals surface area (Å²) in [6, 6.07) is 8.11. The minimum atomic E-state index is -0.857. The van der Waals surface area contributed by atoms with Gasteiger partial charge in [0.1, 0.15) is 11.4 Å². The summed E-state index contributed by atoms with van der Waals surface area (Å²) >= 11 is 0. The van der Waals surface area contributed by atoms with E-state index < -0.39 is 5.54 Å². The number of ether oxygens (including phenoxy) is 1. The Morgan fingerprint density at radius 3 is 2.68 bits per heavy atom. The van der Waals surface area contributed by atoms with Gasteiger partial charge < -0.3 is 20.4 Å². The molecule has 1 aromatic carbocycles. The van der Waals surface area contributed by atoms with Crippen molar-refractivity contribution in [2.75, 3.05) is 13.2 Å². The Kier molecular flexibility index (Phi) is 8.33. The van der Waals surface area contributed by atoms with Gasteiger partial charge in [0.15, 0.2) is 0 Å². The standard InChI is InChI=1S/C20H30N4O2.2ClH/c1-5-26-17-13-20(21,19(17,3)4)18(25)22-11-8-12-24-14(2)23-15-9-6-7-10-16(15)24;;/h6-7,9-10,17H,5,8,11-13,21H2,1-4H3,(H,22,25);2*1H. The number of hydrogen-bond donors (Lipinski definition) is 2. The number of benzene rings is 1. The molecule has 1 fully saturated rings. The normalized spacial score (nSPS) is 22.7. The molecule has 2 unspecified atom stereocenters. The Balaban J connectivity index is 0.00000196. The molecule has 1 heterocycles. The van der Waals surface area contributed by atoms with Crippen molar-refractivity contribution < 1.29 is 9.53 Å². The molecule has 1 amide bonds. The molecule has 0 saturated heterocycles. The van der Waals surface area contributed by atoms with Gasteiger partial charge in [0.2, 0.25) is 5.91 Å². The molecule has 1 aromatic heterocycles. The molecule has 1 aliphatic carbocycles. The number of carbonyl (C=O) groups is 1. The molecular formula is C20H32Cl2N4O2. The first-order chi connectivity index (χ1) is 12.3. The molecule has 2 atom stereocenters. The van der Waals surface area contributed by atoms with Crippen LogP contribution < -0.4 is 11.1 Å². The van der Waals surface area contributed by atoms with Gasteiger partial charge in [0, 0.05) is 31.5 Å². The van der Waals surface area contributed by atoms with Gasteiger partial charge in [-0.1, -0.05) is 26.0 Å². The first-order valence-corrected chi connectivity index (χ1v) is 9.42. The van der Waals surface area contributed by atoms with Crippen molar-refractivity contribution in [2.24, 2.45) is 11.1 Å². The second-order valence-corrected chi connectivity index (χ2v) is 7.75. The third-order valence-corrected chi connectivity index (χ3v) is 5.92. The van der Waals surface area contributed by atoms with E-state index in [1.165, 1.54) is 0 Å². The lowest BCUT2D eigenvalue weighted by Gasteiger charge is -2.57. The number of nitrogens with one attached hydrogen (secondary N) is 1. The van der Waals surface area contributed by atoms with E-state index in [2.05, 4.69) is 20.9 Å². The van der Waals surface area contributed by atoms with Crippen LogP contribution in [0.4, 0.5) is 0 Å². The number of nitrogens with two attached hydrogens (primary N) is 1. The number of hydrogen-bond acceptors (Lipinski definition) is 4. The van der Waals surface area contributed by atoms with Gasteiger partial charge >= 0.3 is 0 Å². The van der Waals surface area contributed by atoms with E-state index in [0.717, 1.165) is 29.8 Å². The number of aryl methyl sites for hydroxylation is 2. The van der Waals surface area contributed by atoms with Crippen molar-refractivity contribution in [3.8, 4) is 0 Å². The number of amides is 1. The Bertz CT molecular complexity index is 809. The van der Waals surface area contributed by atoms with Gasteiger partial charge in [-0.05, 0) is 32.4 Å². The quantitative estimate of drug-likeness (QED) is 0.660. The summed E-state index contributed by atoms with van der Waals surface area (Å²) in [6.45, 7) is 10.1. The lowest BCUT2D eigenvalue weighted by atomic mass is 9.54. The van der Waals surface area contributed by atoms with Crippen molar-refractivity contribution in [3.05, 3.63) is 30.1 Å². The average Bonchev–Trinajstić information content (AvgIpc) is 2.93. The van der Waals surface area contributed by atoms with Gasteiger partial charge in [0.05, 0.1) is 17.1 Å².